The minimum atomic E-state index is -0.579. The number of ether oxygens (including phenoxy) is 1. The predicted octanol–water partition coefficient (Wildman–Crippen LogP) is 2.10. The summed E-state index contributed by atoms with van der Waals surface area (Å²) in [6, 6.07) is 4.01. The molecule has 0 aromatic heterocycles. The van der Waals surface area contributed by atoms with E-state index in [-0.39, 0.29) is 23.3 Å². The van der Waals surface area contributed by atoms with E-state index in [1.54, 1.807) is 7.05 Å². The molecule has 0 radical (unpaired) electrons. The van der Waals surface area contributed by atoms with Crippen LogP contribution >= 0.6 is 11.6 Å². The van der Waals surface area contributed by atoms with Gasteiger partial charge in [0.1, 0.15) is 11.6 Å². The predicted molar refractivity (Wildman–Crippen MR) is 72.7 cm³/mol. The average Bonchev–Trinajstić information content (AvgIpc) is 2.40. The molecule has 0 unspecified atom stereocenters. The fourth-order valence-corrected chi connectivity index (χ4v) is 1.36. The summed E-state index contributed by atoms with van der Waals surface area (Å²) in [4.78, 5) is 11.4. The highest BCUT2D eigenvalue weighted by atomic mass is 35.5. The van der Waals surface area contributed by atoms with E-state index in [1.807, 2.05) is 0 Å². The molecule has 6 heteroatoms. The van der Waals surface area contributed by atoms with E-state index >= 15 is 0 Å². The van der Waals surface area contributed by atoms with Gasteiger partial charge in [0, 0.05) is 31.8 Å². The molecule has 0 aliphatic rings. The molecule has 0 aliphatic carbocycles. The molecule has 1 aromatic carbocycles. The molecular weight excluding hydrogens is 271 g/mol. The Labute approximate surface area is 116 Å². The van der Waals surface area contributed by atoms with E-state index in [9.17, 15) is 9.18 Å². The van der Waals surface area contributed by atoms with Gasteiger partial charge in [-0.15, -0.1) is 0 Å². The van der Waals surface area contributed by atoms with Crippen LogP contribution in [0, 0.1) is 5.82 Å². The van der Waals surface area contributed by atoms with Crippen molar-refractivity contribution in [3.8, 4) is 5.75 Å². The van der Waals surface area contributed by atoms with Crippen LogP contribution in [-0.4, -0.2) is 26.1 Å². The van der Waals surface area contributed by atoms with Crippen LogP contribution in [0.2, 0.25) is 5.02 Å². The average molecular weight is 287 g/mol. The van der Waals surface area contributed by atoms with Gasteiger partial charge in [0.05, 0.1) is 5.02 Å². The third-order valence-electron chi connectivity index (χ3n) is 2.36. The number of nitrogens with one attached hydrogen (secondary N) is 2. The van der Waals surface area contributed by atoms with Crippen molar-refractivity contribution in [2.75, 3.05) is 20.2 Å². The zero-order valence-corrected chi connectivity index (χ0v) is 11.4. The van der Waals surface area contributed by atoms with E-state index in [0.29, 0.717) is 13.0 Å². The summed E-state index contributed by atoms with van der Waals surface area (Å²) in [5, 5.41) is 5.55. The maximum atomic E-state index is 13.1. The molecule has 0 heterocycles. The first-order valence-corrected chi connectivity index (χ1v) is 6.11. The van der Waals surface area contributed by atoms with E-state index < -0.39 is 5.82 Å². The van der Waals surface area contributed by atoms with Gasteiger partial charge in [0.25, 0.3) is 5.91 Å². The lowest BCUT2D eigenvalue weighted by Gasteiger charge is -2.08. The molecule has 0 atom stereocenters. The molecule has 0 bridgehead atoms. The first-order chi connectivity index (χ1) is 9.02. The van der Waals surface area contributed by atoms with Gasteiger partial charge in [-0.05, 0) is 12.1 Å². The lowest BCUT2D eigenvalue weighted by atomic mass is 10.3. The van der Waals surface area contributed by atoms with Gasteiger partial charge in [-0.1, -0.05) is 18.2 Å². The van der Waals surface area contributed by atoms with Crippen molar-refractivity contribution in [3.05, 3.63) is 41.3 Å². The second-order valence-corrected chi connectivity index (χ2v) is 4.23. The van der Waals surface area contributed by atoms with Crippen LogP contribution in [-0.2, 0) is 4.79 Å². The molecule has 2 N–H and O–H groups in total. The van der Waals surface area contributed by atoms with Crippen LogP contribution < -0.4 is 15.4 Å². The molecule has 1 amide bonds. The van der Waals surface area contributed by atoms with Crippen molar-refractivity contribution in [2.24, 2.45) is 0 Å². The monoisotopic (exact) mass is 286 g/mol. The normalized spacial score (nSPS) is 9.84. The number of rotatable bonds is 7. The maximum absolute atomic E-state index is 13.1. The molecule has 1 rings (SSSR count). The number of benzene rings is 1. The van der Waals surface area contributed by atoms with E-state index in [0.717, 1.165) is 11.8 Å². The highest BCUT2D eigenvalue weighted by molar-refractivity contribution is 6.30. The Morgan fingerprint density at radius 1 is 1.53 bits per heavy atom. The van der Waals surface area contributed by atoms with Crippen molar-refractivity contribution in [1.29, 1.82) is 0 Å². The van der Waals surface area contributed by atoms with Gasteiger partial charge >= 0.3 is 0 Å². The fraction of sp³-hybridized carbons (Fsp3) is 0.308. The summed E-state index contributed by atoms with van der Waals surface area (Å²) in [5.41, 5.74) is 0.834. The molecule has 0 spiro atoms. The third kappa shape index (κ3) is 5.61. The zero-order valence-electron chi connectivity index (χ0n) is 10.6. The number of hydrogen-bond acceptors (Lipinski definition) is 3. The zero-order chi connectivity index (χ0) is 14.3. The summed E-state index contributed by atoms with van der Waals surface area (Å²) >= 11 is 5.53. The van der Waals surface area contributed by atoms with Crippen molar-refractivity contribution in [2.45, 2.75) is 6.42 Å². The summed E-state index contributed by atoms with van der Waals surface area (Å²) in [5.74, 6) is -0.596. The van der Waals surface area contributed by atoms with E-state index in [1.165, 1.54) is 12.1 Å². The summed E-state index contributed by atoms with van der Waals surface area (Å²) in [6.45, 7) is 4.03. The van der Waals surface area contributed by atoms with E-state index in [4.69, 9.17) is 16.3 Å². The Kier molecular flexibility index (Phi) is 6.15. The van der Waals surface area contributed by atoms with Gasteiger partial charge in [-0.3, -0.25) is 4.79 Å². The van der Waals surface area contributed by atoms with Gasteiger partial charge in [-0.2, -0.15) is 0 Å². The standard InChI is InChI=1S/C13H16ClFN2O2/c1-9(16-2)5-6-17-13(18)8-19-10-3-4-11(14)12(15)7-10/h3-4,7,16H,1,5-6,8H2,2H3,(H,17,18). The van der Waals surface area contributed by atoms with Gasteiger partial charge in [0.15, 0.2) is 6.61 Å². The molecule has 0 aliphatic heterocycles. The van der Waals surface area contributed by atoms with E-state index in [2.05, 4.69) is 17.2 Å². The second-order valence-electron chi connectivity index (χ2n) is 3.82. The quantitative estimate of drug-likeness (QED) is 0.807. The summed E-state index contributed by atoms with van der Waals surface area (Å²) < 4.78 is 18.2. The van der Waals surface area contributed by atoms with Gasteiger partial charge in [0.2, 0.25) is 0 Å². The second kappa shape index (κ2) is 7.63. The van der Waals surface area contributed by atoms with Crippen molar-refractivity contribution in [3.63, 3.8) is 0 Å². The van der Waals surface area contributed by atoms with Crippen LogP contribution in [0.3, 0.4) is 0 Å². The number of hydrogen-bond donors (Lipinski definition) is 2. The number of halogens is 2. The van der Waals surface area contributed by atoms with Crippen LogP contribution in [0.25, 0.3) is 0 Å². The minimum Gasteiger partial charge on any atom is -0.484 e. The summed E-state index contributed by atoms with van der Waals surface area (Å²) in [6.07, 6.45) is 0.637. The molecule has 0 saturated carbocycles. The fourth-order valence-electron chi connectivity index (χ4n) is 1.24. The lowest BCUT2D eigenvalue weighted by molar-refractivity contribution is -0.123. The first kappa shape index (κ1) is 15.3. The molecule has 0 fully saturated rings. The van der Waals surface area contributed by atoms with Gasteiger partial charge in [-0.25, -0.2) is 4.39 Å². The lowest BCUT2D eigenvalue weighted by Crippen LogP contribution is -2.30. The SMILES string of the molecule is C=C(CCNC(=O)COc1ccc(Cl)c(F)c1)NC. The molecule has 4 nitrogen and oxygen atoms in total. The molecule has 19 heavy (non-hydrogen) atoms. The largest absolute Gasteiger partial charge is 0.484 e. The minimum absolute atomic E-state index is 0.0161. The van der Waals surface area contributed by atoms with Crippen LogP contribution in [0.15, 0.2) is 30.5 Å². The molecule has 104 valence electrons. The number of carbonyl (C=O) groups is 1. The summed E-state index contributed by atoms with van der Waals surface area (Å²) in [7, 11) is 1.77. The number of carbonyl (C=O) groups excluding carboxylic acids is 1. The Morgan fingerprint density at radius 3 is 2.89 bits per heavy atom. The first-order valence-electron chi connectivity index (χ1n) is 5.73. The Hall–Kier alpha value is -1.75. The Morgan fingerprint density at radius 2 is 2.26 bits per heavy atom. The van der Waals surface area contributed by atoms with Crippen molar-refractivity contribution >= 4 is 17.5 Å². The van der Waals surface area contributed by atoms with Crippen molar-refractivity contribution < 1.29 is 13.9 Å². The topological polar surface area (TPSA) is 50.4 Å². The highest BCUT2D eigenvalue weighted by Crippen LogP contribution is 2.20. The molecular formula is C13H16ClFN2O2. The van der Waals surface area contributed by atoms with Crippen LogP contribution in [0.4, 0.5) is 4.39 Å². The number of amides is 1. The van der Waals surface area contributed by atoms with Gasteiger partial charge < -0.3 is 15.4 Å². The van der Waals surface area contributed by atoms with Crippen LogP contribution in [0.5, 0.6) is 5.75 Å². The highest BCUT2D eigenvalue weighted by Gasteiger charge is 2.05. The molecule has 0 saturated heterocycles. The van der Waals surface area contributed by atoms with Crippen molar-refractivity contribution in [1.82, 2.24) is 10.6 Å². The molecule has 1 aromatic rings. The smallest absolute Gasteiger partial charge is 0.257 e. The Bertz CT molecular complexity index is 466. The third-order valence-corrected chi connectivity index (χ3v) is 2.67. The maximum Gasteiger partial charge on any atom is 0.257 e. The van der Waals surface area contributed by atoms with Crippen LogP contribution in [0.1, 0.15) is 6.42 Å². The Balaban J connectivity index is 2.30.